The van der Waals surface area contributed by atoms with Crippen molar-refractivity contribution in [3.63, 3.8) is 0 Å². The van der Waals surface area contributed by atoms with Crippen molar-refractivity contribution in [3.8, 4) is 5.75 Å². The molecule has 0 spiro atoms. The molecule has 0 bridgehead atoms. The van der Waals surface area contributed by atoms with Gasteiger partial charge in [-0.05, 0) is 49.1 Å². The predicted octanol–water partition coefficient (Wildman–Crippen LogP) is 5.56. The number of ether oxygens (including phenoxy) is 1. The average molecular weight is 467 g/mol. The van der Waals surface area contributed by atoms with Crippen molar-refractivity contribution in [2.45, 2.75) is 33.8 Å². The van der Waals surface area contributed by atoms with Crippen LogP contribution in [0.4, 0.5) is 8.78 Å². The lowest BCUT2D eigenvalue weighted by Gasteiger charge is -2.14. The van der Waals surface area contributed by atoms with Gasteiger partial charge in [0.25, 0.3) is 0 Å². The SMILES string of the molecule is C.Cc1nc2c(OCc3c(F)cccc3F)cccn2c1C(=O)C[C@@H](CO)Cc1ccccc1. The number of hydrogen-bond acceptors (Lipinski definition) is 4. The Hall–Kier alpha value is -3.58. The fourth-order valence-electron chi connectivity index (χ4n) is 3.93. The zero-order chi connectivity index (χ0) is 23.4. The highest BCUT2D eigenvalue weighted by Gasteiger charge is 2.22. The summed E-state index contributed by atoms with van der Waals surface area (Å²) in [6, 6.07) is 16.7. The molecular weight excluding hydrogens is 438 g/mol. The van der Waals surface area contributed by atoms with Crippen LogP contribution in [-0.2, 0) is 13.0 Å². The van der Waals surface area contributed by atoms with Gasteiger partial charge in [-0.1, -0.05) is 43.8 Å². The van der Waals surface area contributed by atoms with E-state index in [1.165, 1.54) is 18.2 Å². The summed E-state index contributed by atoms with van der Waals surface area (Å²) in [4.78, 5) is 17.6. The molecule has 7 heteroatoms. The van der Waals surface area contributed by atoms with Gasteiger partial charge in [0.15, 0.2) is 17.2 Å². The van der Waals surface area contributed by atoms with Crippen molar-refractivity contribution in [2.24, 2.45) is 5.92 Å². The lowest BCUT2D eigenvalue weighted by molar-refractivity contribution is 0.0929. The Morgan fingerprint density at radius 1 is 1.06 bits per heavy atom. The highest BCUT2D eigenvalue weighted by Crippen LogP contribution is 2.26. The molecule has 0 unspecified atom stereocenters. The van der Waals surface area contributed by atoms with E-state index < -0.39 is 11.6 Å². The van der Waals surface area contributed by atoms with Gasteiger partial charge in [-0.25, -0.2) is 13.8 Å². The molecule has 0 amide bonds. The number of pyridine rings is 1. The molecular formula is C27H28F2N2O3. The Morgan fingerprint density at radius 2 is 1.76 bits per heavy atom. The second-order valence-electron chi connectivity index (χ2n) is 7.97. The maximum Gasteiger partial charge on any atom is 0.181 e. The molecule has 0 aliphatic carbocycles. The van der Waals surface area contributed by atoms with E-state index in [-0.39, 0.29) is 44.3 Å². The lowest BCUT2D eigenvalue weighted by Crippen LogP contribution is -2.17. The maximum absolute atomic E-state index is 13.9. The number of benzene rings is 2. The number of fused-ring (bicyclic) bond motifs is 1. The van der Waals surface area contributed by atoms with Crippen LogP contribution in [0.25, 0.3) is 5.65 Å². The molecule has 0 aliphatic heterocycles. The predicted molar refractivity (Wildman–Crippen MR) is 127 cm³/mol. The van der Waals surface area contributed by atoms with Crippen LogP contribution in [0, 0.1) is 24.5 Å². The number of nitrogens with zero attached hydrogens (tertiary/aromatic N) is 2. The number of rotatable bonds is 9. The van der Waals surface area contributed by atoms with E-state index in [1.54, 1.807) is 29.7 Å². The molecule has 2 heterocycles. The van der Waals surface area contributed by atoms with Gasteiger partial charge in [0.05, 0.1) is 11.3 Å². The molecule has 34 heavy (non-hydrogen) atoms. The van der Waals surface area contributed by atoms with E-state index in [9.17, 15) is 18.7 Å². The van der Waals surface area contributed by atoms with E-state index in [4.69, 9.17) is 4.74 Å². The molecule has 4 rings (SSSR count). The van der Waals surface area contributed by atoms with E-state index in [2.05, 4.69) is 4.98 Å². The van der Waals surface area contributed by atoms with Crippen molar-refractivity contribution in [1.82, 2.24) is 9.38 Å². The number of hydrogen-bond donors (Lipinski definition) is 1. The highest BCUT2D eigenvalue weighted by atomic mass is 19.1. The Kier molecular flexibility index (Phi) is 8.12. The summed E-state index contributed by atoms with van der Waals surface area (Å²) in [6.45, 7) is 1.31. The van der Waals surface area contributed by atoms with Crippen LogP contribution >= 0.6 is 0 Å². The molecule has 0 saturated carbocycles. The molecule has 178 valence electrons. The van der Waals surface area contributed by atoms with E-state index in [0.29, 0.717) is 29.2 Å². The first-order valence-corrected chi connectivity index (χ1v) is 10.7. The number of carbonyl (C=O) groups is 1. The molecule has 1 N–H and O–H groups in total. The highest BCUT2D eigenvalue weighted by molar-refractivity contribution is 5.97. The van der Waals surface area contributed by atoms with Crippen molar-refractivity contribution in [3.05, 3.63) is 101 Å². The first-order chi connectivity index (χ1) is 16.0. The quantitative estimate of drug-likeness (QED) is 0.328. The number of imidazole rings is 1. The Bertz CT molecular complexity index is 1250. The maximum atomic E-state index is 13.9. The van der Waals surface area contributed by atoms with Gasteiger partial charge in [0.1, 0.15) is 23.9 Å². The van der Waals surface area contributed by atoms with Gasteiger partial charge in [-0.2, -0.15) is 0 Å². The lowest BCUT2D eigenvalue weighted by atomic mass is 9.94. The summed E-state index contributed by atoms with van der Waals surface area (Å²) in [7, 11) is 0. The van der Waals surface area contributed by atoms with E-state index in [1.807, 2.05) is 30.3 Å². The van der Waals surface area contributed by atoms with Gasteiger partial charge >= 0.3 is 0 Å². The second kappa shape index (κ2) is 11.0. The van der Waals surface area contributed by atoms with Crippen LogP contribution in [0.15, 0.2) is 66.9 Å². The van der Waals surface area contributed by atoms with Crippen molar-refractivity contribution in [1.29, 1.82) is 0 Å². The normalized spacial score (nSPS) is 11.8. The minimum Gasteiger partial charge on any atom is -0.485 e. The van der Waals surface area contributed by atoms with E-state index >= 15 is 0 Å². The summed E-state index contributed by atoms with van der Waals surface area (Å²) < 4.78 is 35.2. The van der Waals surface area contributed by atoms with Crippen LogP contribution in [-0.4, -0.2) is 26.9 Å². The van der Waals surface area contributed by atoms with Crippen molar-refractivity contribution in [2.75, 3.05) is 6.61 Å². The monoisotopic (exact) mass is 466 g/mol. The third-order valence-electron chi connectivity index (χ3n) is 5.59. The summed E-state index contributed by atoms with van der Waals surface area (Å²) in [5.41, 5.74) is 2.18. The van der Waals surface area contributed by atoms with Crippen LogP contribution in [0.2, 0.25) is 0 Å². The first-order valence-electron chi connectivity index (χ1n) is 10.7. The van der Waals surface area contributed by atoms with Gasteiger partial charge < -0.3 is 9.84 Å². The van der Waals surface area contributed by atoms with E-state index in [0.717, 1.165) is 5.56 Å². The fourth-order valence-corrected chi connectivity index (χ4v) is 3.93. The molecule has 5 nitrogen and oxygen atoms in total. The molecule has 0 aliphatic rings. The van der Waals surface area contributed by atoms with Crippen LogP contribution in [0.1, 0.15) is 41.2 Å². The minimum atomic E-state index is -0.689. The first kappa shape index (κ1) is 25.1. The number of Topliss-reactive ketones (excluding diaryl/α,β-unsaturated/α-hetero) is 1. The summed E-state index contributed by atoms with van der Waals surface area (Å²) >= 11 is 0. The Balaban J connectivity index is 0.00000324. The smallest absolute Gasteiger partial charge is 0.181 e. The van der Waals surface area contributed by atoms with Crippen LogP contribution in [0.3, 0.4) is 0 Å². The number of aryl methyl sites for hydroxylation is 1. The number of carbonyl (C=O) groups excluding carboxylic acids is 1. The summed E-state index contributed by atoms with van der Waals surface area (Å²) in [6.07, 6.45) is 2.44. The second-order valence-corrected chi connectivity index (χ2v) is 7.97. The molecule has 0 radical (unpaired) electrons. The standard InChI is InChI=1S/C26H24F2N2O3.CH4/c1-17-25(23(32)14-19(15-31)13-18-7-3-2-4-8-18)30-12-6-11-24(26(30)29-17)33-16-20-21(27)9-5-10-22(20)28;/h2-12,19,31H,13-16H2,1H3;1H4/t19-;/m0./s1. The van der Waals surface area contributed by atoms with Crippen LogP contribution < -0.4 is 4.74 Å². The Labute approximate surface area is 197 Å². The molecule has 1 atom stereocenters. The topological polar surface area (TPSA) is 63.8 Å². The third-order valence-corrected chi connectivity index (χ3v) is 5.59. The minimum absolute atomic E-state index is 0. The van der Waals surface area contributed by atoms with Crippen molar-refractivity contribution < 1.29 is 23.4 Å². The average Bonchev–Trinajstić information content (AvgIpc) is 3.15. The molecule has 4 aromatic rings. The molecule has 0 fully saturated rings. The zero-order valence-electron chi connectivity index (χ0n) is 18.2. The van der Waals surface area contributed by atoms with Gasteiger partial charge in [0.2, 0.25) is 0 Å². The number of aromatic nitrogens is 2. The van der Waals surface area contributed by atoms with Gasteiger partial charge in [-0.3, -0.25) is 9.20 Å². The molecule has 2 aromatic heterocycles. The number of aliphatic hydroxyl groups excluding tert-OH is 1. The number of halogens is 2. The zero-order valence-corrected chi connectivity index (χ0v) is 18.2. The van der Waals surface area contributed by atoms with Gasteiger partial charge in [0, 0.05) is 19.2 Å². The number of aliphatic hydroxyl groups is 1. The molecule has 0 saturated heterocycles. The molecule has 2 aromatic carbocycles. The summed E-state index contributed by atoms with van der Waals surface area (Å²) in [5, 5.41) is 9.83. The number of ketones is 1. The summed E-state index contributed by atoms with van der Waals surface area (Å²) in [5.74, 6) is -1.44. The largest absolute Gasteiger partial charge is 0.485 e. The van der Waals surface area contributed by atoms with Crippen molar-refractivity contribution >= 4 is 11.4 Å². The van der Waals surface area contributed by atoms with Gasteiger partial charge in [-0.15, -0.1) is 0 Å². The fraction of sp³-hybridized carbons (Fsp3) is 0.259. The Morgan fingerprint density at radius 3 is 2.44 bits per heavy atom. The van der Waals surface area contributed by atoms with Crippen LogP contribution in [0.5, 0.6) is 5.75 Å². The third kappa shape index (κ3) is 5.31.